The molecule has 112 valence electrons. The van der Waals surface area contributed by atoms with E-state index in [9.17, 15) is 18.0 Å². The van der Waals surface area contributed by atoms with E-state index >= 15 is 0 Å². The summed E-state index contributed by atoms with van der Waals surface area (Å²) in [7, 11) is 0. The number of alkyl halides is 2. The van der Waals surface area contributed by atoms with Crippen molar-refractivity contribution in [2.45, 2.75) is 25.7 Å². The third kappa shape index (κ3) is 5.21. The summed E-state index contributed by atoms with van der Waals surface area (Å²) >= 11 is 0. The number of rotatable bonds is 7. The largest absolute Gasteiger partial charge is 0.350 e. The quantitative estimate of drug-likeness (QED) is 0.807. The van der Waals surface area contributed by atoms with Gasteiger partial charge in [0.1, 0.15) is 5.82 Å². The van der Waals surface area contributed by atoms with Crippen molar-refractivity contribution in [3.05, 3.63) is 35.6 Å². The summed E-state index contributed by atoms with van der Waals surface area (Å²) in [5.74, 6) is -4.37. The van der Waals surface area contributed by atoms with E-state index in [2.05, 4.69) is 5.32 Å². The van der Waals surface area contributed by atoms with E-state index < -0.39 is 30.8 Å². The number of halogens is 3. The highest BCUT2D eigenvalue weighted by Gasteiger charge is 2.28. The lowest BCUT2D eigenvalue weighted by atomic mass is 10.00. The van der Waals surface area contributed by atoms with Crippen LogP contribution in [0.3, 0.4) is 0 Å². The molecule has 0 aromatic heterocycles. The number of benzene rings is 1. The molecule has 0 aliphatic rings. The predicted molar refractivity (Wildman–Crippen MR) is 70.9 cm³/mol. The van der Waals surface area contributed by atoms with Crippen LogP contribution in [0.25, 0.3) is 0 Å². The Morgan fingerprint density at radius 3 is 2.65 bits per heavy atom. The summed E-state index contributed by atoms with van der Waals surface area (Å²) in [6.45, 7) is 0.0417. The van der Waals surface area contributed by atoms with E-state index in [1.807, 2.05) is 0 Å². The highest BCUT2D eigenvalue weighted by atomic mass is 19.3. The minimum Gasteiger partial charge on any atom is -0.350 e. The molecule has 0 aliphatic heterocycles. The molecule has 1 amide bonds. The Labute approximate surface area is 116 Å². The van der Waals surface area contributed by atoms with E-state index in [1.54, 1.807) is 25.1 Å². The first-order valence-corrected chi connectivity index (χ1v) is 6.45. The molecule has 1 aromatic rings. The predicted octanol–water partition coefficient (Wildman–Crippen LogP) is 2.10. The Morgan fingerprint density at radius 2 is 2.05 bits per heavy atom. The molecule has 3 N–H and O–H groups in total. The lowest BCUT2D eigenvalue weighted by Gasteiger charge is -2.17. The average molecular weight is 288 g/mol. The molecule has 6 heteroatoms. The molecule has 20 heavy (non-hydrogen) atoms. The van der Waals surface area contributed by atoms with Crippen molar-refractivity contribution in [2.24, 2.45) is 11.7 Å². The van der Waals surface area contributed by atoms with Crippen molar-refractivity contribution < 1.29 is 18.0 Å². The molecule has 3 nitrogen and oxygen atoms in total. The van der Waals surface area contributed by atoms with E-state index in [0.29, 0.717) is 18.4 Å². The summed E-state index contributed by atoms with van der Waals surface area (Å²) in [6.07, 6.45) is 0.773. The van der Waals surface area contributed by atoms with Crippen molar-refractivity contribution >= 4 is 5.91 Å². The molecule has 0 aliphatic carbocycles. The van der Waals surface area contributed by atoms with Gasteiger partial charge in [0.2, 0.25) is 5.91 Å². The van der Waals surface area contributed by atoms with E-state index in [0.717, 1.165) is 0 Å². The van der Waals surface area contributed by atoms with Crippen LogP contribution in [0.15, 0.2) is 24.3 Å². The van der Waals surface area contributed by atoms with Gasteiger partial charge in [0.25, 0.3) is 5.92 Å². The number of nitrogens with two attached hydrogens (primary N) is 1. The normalized spacial score (nSPS) is 13.1. The number of carbonyl (C=O) groups excluding carboxylic acids is 1. The Bertz CT molecular complexity index is 452. The van der Waals surface area contributed by atoms with Crippen molar-refractivity contribution in [2.75, 3.05) is 13.1 Å². The molecule has 1 atom stereocenters. The fourth-order valence-corrected chi connectivity index (χ4v) is 1.67. The number of aryl methyl sites for hydroxylation is 1. The van der Waals surface area contributed by atoms with Crippen LogP contribution in [0.4, 0.5) is 13.2 Å². The minimum absolute atomic E-state index is 0.324. The van der Waals surface area contributed by atoms with E-state index in [1.165, 1.54) is 6.07 Å². The molecular weight excluding hydrogens is 269 g/mol. The Balaban J connectivity index is 2.41. The molecule has 1 unspecified atom stereocenters. The van der Waals surface area contributed by atoms with Gasteiger partial charge in [-0.3, -0.25) is 4.79 Å². The summed E-state index contributed by atoms with van der Waals surface area (Å²) in [6, 6.07) is 6.29. The van der Waals surface area contributed by atoms with Gasteiger partial charge >= 0.3 is 0 Å². The Morgan fingerprint density at radius 1 is 1.40 bits per heavy atom. The van der Waals surface area contributed by atoms with Crippen LogP contribution in [0, 0.1) is 11.7 Å². The monoisotopic (exact) mass is 288 g/mol. The average Bonchev–Trinajstić information content (AvgIpc) is 2.43. The second-order valence-corrected chi connectivity index (χ2v) is 4.81. The molecule has 0 bridgehead atoms. The zero-order valence-corrected chi connectivity index (χ0v) is 11.3. The first-order chi connectivity index (χ1) is 9.35. The van der Waals surface area contributed by atoms with Gasteiger partial charge in [-0.1, -0.05) is 25.1 Å². The number of nitrogens with one attached hydrogen (secondary N) is 1. The zero-order valence-electron chi connectivity index (χ0n) is 11.3. The van der Waals surface area contributed by atoms with Crippen LogP contribution in [-0.2, 0) is 11.2 Å². The second kappa shape index (κ2) is 7.28. The third-order valence-corrected chi connectivity index (χ3v) is 3.07. The van der Waals surface area contributed by atoms with Gasteiger partial charge in [0.05, 0.1) is 13.1 Å². The first kappa shape index (κ1) is 16.5. The van der Waals surface area contributed by atoms with Gasteiger partial charge in [-0.2, -0.15) is 0 Å². The molecule has 0 saturated carbocycles. The van der Waals surface area contributed by atoms with Crippen molar-refractivity contribution in [3.63, 3.8) is 0 Å². The Hall–Kier alpha value is -1.56. The number of hydrogen-bond donors (Lipinski definition) is 2. The molecule has 0 spiro atoms. The fourth-order valence-electron chi connectivity index (χ4n) is 1.67. The van der Waals surface area contributed by atoms with E-state index in [4.69, 9.17) is 5.73 Å². The summed E-state index contributed by atoms with van der Waals surface area (Å²) in [4.78, 5) is 11.6. The number of hydrogen-bond acceptors (Lipinski definition) is 2. The van der Waals surface area contributed by atoms with Crippen molar-refractivity contribution in [1.82, 2.24) is 5.32 Å². The van der Waals surface area contributed by atoms with Crippen LogP contribution >= 0.6 is 0 Å². The molecule has 0 fully saturated rings. The molecule has 1 aromatic carbocycles. The standard InChI is InChI=1S/C14H19F3N2O/c1-10(13(20)19-9-14(16,17)8-18)6-7-11-4-2-3-5-12(11)15/h2-5,10H,6-9,18H2,1H3,(H,19,20). The highest BCUT2D eigenvalue weighted by molar-refractivity contribution is 5.78. The lowest BCUT2D eigenvalue weighted by molar-refractivity contribution is -0.126. The van der Waals surface area contributed by atoms with Gasteiger partial charge in [-0.05, 0) is 24.5 Å². The van der Waals surface area contributed by atoms with Gasteiger partial charge in [-0.15, -0.1) is 0 Å². The van der Waals surface area contributed by atoms with Crippen LogP contribution in [0.5, 0.6) is 0 Å². The molecular formula is C14H19F3N2O. The SMILES string of the molecule is CC(CCc1ccccc1F)C(=O)NCC(F)(F)CN. The third-order valence-electron chi connectivity index (χ3n) is 3.07. The second-order valence-electron chi connectivity index (χ2n) is 4.81. The number of carbonyl (C=O) groups is 1. The smallest absolute Gasteiger partial charge is 0.277 e. The molecule has 1 rings (SSSR count). The molecule has 0 heterocycles. The van der Waals surface area contributed by atoms with Crippen LogP contribution in [0.2, 0.25) is 0 Å². The maximum Gasteiger partial charge on any atom is 0.277 e. The van der Waals surface area contributed by atoms with Gasteiger partial charge in [0.15, 0.2) is 0 Å². The van der Waals surface area contributed by atoms with Gasteiger partial charge in [0, 0.05) is 5.92 Å². The van der Waals surface area contributed by atoms with Crippen LogP contribution in [-0.4, -0.2) is 24.9 Å². The summed E-state index contributed by atoms with van der Waals surface area (Å²) < 4.78 is 39.2. The zero-order chi connectivity index (χ0) is 15.2. The van der Waals surface area contributed by atoms with E-state index in [-0.39, 0.29) is 5.82 Å². The fraction of sp³-hybridized carbons (Fsp3) is 0.500. The van der Waals surface area contributed by atoms with Gasteiger partial charge in [-0.25, -0.2) is 13.2 Å². The summed E-state index contributed by atoms with van der Waals surface area (Å²) in [5.41, 5.74) is 5.39. The summed E-state index contributed by atoms with van der Waals surface area (Å²) in [5, 5.41) is 2.16. The topological polar surface area (TPSA) is 55.1 Å². The minimum atomic E-state index is -3.10. The van der Waals surface area contributed by atoms with Crippen LogP contribution in [0.1, 0.15) is 18.9 Å². The highest BCUT2D eigenvalue weighted by Crippen LogP contribution is 2.14. The number of amides is 1. The first-order valence-electron chi connectivity index (χ1n) is 6.45. The molecule has 0 saturated heterocycles. The Kier molecular flexibility index (Phi) is 6.01. The molecule has 0 radical (unpaired) electrons. The lowest BCUT2D eigenvalue weighted by Crippen LogP contribution is -2.43. The van der Waals surface area contributed by atoms with Crippen molar-refractivity contribution in [3.8, 4) is 0 Å². The maximum absolute atomic E-state index is 13.4. The maximum atomic E-state index is 13.4. The van der Waals surface area contributed by atoms with Crippen LogP contribution < -0.4 is 11.1 Å². The van der Waals surface area contributed by atoms with Gasteiger partial charge < -0.3 is 11.1 Å². The van der Waals surface area contributed by atoms with Crippen molar-refractivity contribution in [1.29, 1.82) is 0 Å².